The summed E-state index contributed by atoms with van der Waals surface area (Å²) in [5.41, 5.74) is 15.3. The highest BCUT2D eigenvalue weighted by Crippen LogP contribution is 2.48. The molecule has 268 valence electrons. The highest BCUT2D eigenvalue weighted by molar-refractivity contribution is 6.15. The van der Waals surface area contributed by atoms with Crippen LogP contribution in [0.25, 0.3) is 38.8 Å². The zero-order chi connectivity index (χ0) is 37.0. The zero-order valence-corrected chi connectivity index (χ0v) is 31.0. The highest BCUT2D eigenvalue weighted by Gasteiger charge is 2.37. The number of rotatable bonds is 6. The van der Waals surface area contributed by atoms with Gasteiger partial charge in [-0.05, 0) is 77.6 Å². The molecule has 0 bridgehead atoms. The van der Waals surface area contributed by atoms with Gasteiger partial charge < -0.3 is 14.8 Å². The Bertz CT molecular complexity index is 2810. The number of para-hydroxylation sites is 3. The minimum Gasteiger partial charge on any atom is -0.359 e. The van der Waals surface area contributed by atoms with E-state index in [4.69, 9.17) is 4.99 Å². The molecule has 0 saturated heterocycles. The zero-order valence-electron chi connectivity index (χ0n) is 31.0. The van der Waals surface area contributed by atoms with Gasteiger partial charge in [-0.1, -0.05) is 152 Å². The van der Waals surface area contributed by atoms with Gasteiger partial charge in [0.25, 0.3) is 0 Å². The number of hydrogen-bond donors (Lipinski definition) is 1. The van der Waals surface area contributed by atoms with E-state index < -0.39 is 0 Å². The van der Waals surface area contributed by atoms with E-state index in [1.807, 2.05) is 0 Å². The second-order valence-corrected chi connectivity index (χ2v) is 15.1. The first kappa shape index (κ1) is 32.5. The molecule has 4 nitrogen and oxygen atoms in total. The molecule has 3 atom stereocenters. The number of fused-ring (bicyclic) bond motifs is 6. The summed E-state index contributed by atoms with van der Waals surface area (Å²) in [4.78, 5) is 8.07. The molecule has 4 heteroatoms. The van der Waals surface area contributed by atoms with E-state index in [1.54, 1.807) is 0 Å². The van der Waals surface area contributed by atoms with Crippen LogP contribution in [-0.4, -0.2) is 16.3 Å². The molecule has 6 aromatic carbocycles. The van der Waals surface area contributed by atoms with Crippen molar-refractivity contribution in [2.24, 2.45) is 4.99 Å². The van der Waals surface area contributed by atoms with E-state index in [2.05, 4.69) is 209 Å². The molecule has 11 rings (SSSR count). The summed E-state index contributed by atoms with van der Waals surface area (Å²) in [5, 5.41) is 6.36. The second-order valence-electron chi connectivity index (χ2n) is 15.1. The van der Waals surface area contributed by atoms with Gasteiger partial charge in [0.1, 0.15) is 6.17 Å². The monoisotopic (exact) mass is 720 g/mol. The lowest BCUT2D eigenvalue weighted by atomic mass is 9.90. The molecular weight excluding hydrogens is 681 g/mol. The van der Waals surface area contributed by atoms with Gasteiger partial charge in [0.2, 0.25) is 0 Å². The number of nitrogens with one attached hydrogen (secondary N) is 1. The van der Waals surface area contributed by atoms with Gasteiger partial charge >= 0.3 is 0 Å². The van der Waals surface area contributed by atoms with Crippen molar-refractivity contribution in [3.63, 3.8) is 0 Å². The van der Waals surface area contributed by atoms with E-state index in [1.165, 1.54) is 49.8 Å². The van der Waals surface area contributed by atoms with Crippen LogP contribution in [0, 0.1) is 0 Å². The molecule has 7 aromatic rings. The SMILES string of the molecule is C1=CCCC(c2ccccc2C2=CC(c3cc(N4c5ccccc5C5C=CC=CC54)cc(-n4c5ccccc5c5ccccc54)c3)=NC(c3ccccc3)N2)=C1. The van der Waals surface area contributed by atoms with E-state index in [9.17, 15) is 0 Å². The van der Waals surface area contributed by atoms with Gasteiger partial charge in [0.15, 0.2) is 0 Å². The maximum atomic E-state index is 5.53. The van der Waals surface area contributed by atoms with Gasteiger partial charge in [-0.15, -0.1) is 0 Å². The first-order chi connectivity index (χ1) is 27.8. The van der Waals surface area contributed by atoms with Crippen molar-refractivity contribution in [1.82, 2.24) is 9.88 Å². The predicted octanol–water partition coefficient (Wildman–Crippen LogP) is 12.4. The van der Waals surface area contributed by atoms with Gasteiger partial charge in [-0.2, -0.15) is 0 Å². The normalized spacial score (nSPS) is 19.7. The standard InChI is InChI=1S/C52H40N4/c1-3-17-35(18-4-1)40-21-7-8-22-41(40)47-34-46(53-52(54-47)36-19-5-2-6-20-36)37-31-38(55-48-27-13-9-23-42(48)43-24-10-14-28-49(43)55)33-39(32-37)56-50-29-15-11-25-44(50)45-26-12-16-30-51(45)56/h1-3,5-17,19-34,42,48,52,54H,4,18H2. The van der Waals surface area contributed by atoms with Crippen molar-refractivity contribution in [1.29, 1.82) is 0 Å². The molecule has 4 aliphatic rings. The summed E-state index contributed by atoms with van der Waals surface area (Å²) in [6, 6.07) is 53.2. The number of hydrogen-bond acceptors (Lipinski definition) is 3. The first-order valence-electron chi connectivity index (χ1n) is 19.7. The van der Waals surface area contributed by atoms with Crippen molar-refractivity contribution in [2.75, 3.05) is 4.90 Å². The fourth-order valence-corrected chi connectivity index (χ4v) is 9.27. The van der Waals surface area contributed by atoms with Crippen LogP contribution in [0.15, 0.2) is 199 Å². The van der Waals surface area contributed by atoms with Crippen LogP contribution in [0.2, 0.25) is 0 Å². The minimum absolute atomic E-state index is 0.168. The molecule has 3 unspecified atom stereocenters. The molecule has 1 aromatic heterocycles. The maximum Gasteiger partial charge on any atom is 0.145 e. The largest absolute Gasteiger partial charge is 0.359 e. The summed E-state index contributed by atoms with van der Waals surface area (Å²) in [6.45, 7) is 0. The van der Waals surface area contributed by atoms with Crippen molar-refractivity contribution in [3.8, 4) is 5.69 Å². The Morgan fingerprint density at radius 3 is 2.12 bits per heavy atom. The summed E-state index contributed by atoms with van der Waals surface area (Å²) in [6.07, 6.45) is 19.9. The highest BCUT2D eigenvalue weighted by atomic mass is 15.2. The number of allylic oxidation sites excluding steroid dienone is 7. The number of aliphatic imine (C=N–C) groups is 1. The third kappa shape index (κ3) is 5.40. The van der Waals surface area contributed by atoms with Crippen molar-refractivity contribution in [2.45, 2.75) is 31.0 Å². The molecule has 0 saturated carbocycles. The van der Waals surface area contributed by atoms with Crippen LogP contribution < -0.4 is 10.2 Å². The average Bonchev–Trinajstić information content (AvgIpc) is 3.80. The van der Waals surface area contributed by atoms with Gasteiger partial charge in [-0.3, -0.25) is 4.99 Å². The van der Waals surface area contributed by atoms with E-state index >= 15 is 0 Å². The van der Waals surface area contributed by atoms with Gasteiger partial charge in [-0.25, -0.2) is 0 Å². The Morgan fingerprint density at radius 1 is 0.625 bits per heavy atom. The van der Waals surface area contributed by atoms with Crippen LogP contribution in [0.4, 0.5) is 11.4 Å². The third-order valence-electron chi connectivity index (χ3n) is 11.8. The molecular formula is C52H40N4. The fourth-order valence-electron chi connectivity index (χ4n) is 9.27. The van der Waals surface area contributed by atoms with Crippen LogP contribution in [0.3, 0.4) is 0 Å². The third-order valence-corrected chi connectivity index (χ3v) is 11.8. The smallest absolute Gasteiger partial charge is 0.145 e. The summed E-state index contributed by atoms with van der Waals surface area (Å²) in [7, 11) is 0. The molecule has 2 aliphatic carbocycles. The Balaban J connectivity index is 1.16. The second kappa shape index (κ2) is 13.4. The fraction of sp³-hybridized carbons (Fsp3) is 0.0962. The van der Waals surface area contributed by atoms with Gasteiger partial charge in [0, 0.05) is 50.6 Å². The number of aromatic nitrogens is 1. The van der Waals surface area contributed by atoms with Crippen molar-refractivity contribution in [3.05, 3.63) is 222 Å². The lowest BCUT2D eigenvalue weighted by Crippen LogP contribution is -2.29. The molecule has 56 heavy (non-hydrogen) atoms. The molecule has 0 radical (unpaired) electrons. The Labute approximate surface area is 327 Å². The Morgan fingerprint density at radius 2 is 1.32 bits per heavy atom. The summed E-state index contributed by atoms with van der Waals surface area (Å²) >= 11 is 0. The number of benzene rings is 6. The van der Waals surface area contributed by atoms with E-state index in [-0.39, 0.29) is 18.1 Å². The lowest BCUT2D eigenvalue weighted by Gasteiger charge is -2.30. The number of anilines is 2. The Hall–Kier alpha value is -6.91. The molecule has 3 heterocycles. The quantitative estimate of drug-likeness (QED) is 0.185. The van der Waals surface area contributed by atoms with E-state index in [0.29, 0.717) is 0 Å². The summed E-state index contributed by atoms with van der Waals surface area (Å²) in [5.74, 6) is 0.280. The van der Waals surface area contributed by atoms with Crippen LogP contribution in [-0.2, 0) is 0 Å². The molecule has 0 fully saturated rings. The summed E-state index contributed by atoms with van der Waals surface area (Å²) < 4.78 is 2.44. The minimum atomic E-state index is -0.261. The molecule has 0 amide bonds. The van der Waals surface area contributed by atoms with Crippen LogP contribution in [0.1, 0.15) is 52.7 Å². The first-order valence-corrected chi connectivity index (χ1v) is 19.7. The van der Waals surface area contributed by atoms with Gasteiger partial charge in [0.05, 0.1) is 22.8 Å². The molecule has 2 aliphatic heterocycles. The Kier molecular flexibility index (Phi) is 7.80. The maximum absolute atomic E-state index is 5.53. The van der Waals surface area contributed by atoms with Crippen molar-refractivity contribution < 1.29 is 0 Å². The molecule has 1 N–H and O–H groups in total. The van der Waals surface area contributed by atoms with E-state index in [0.717, 1.165) is 46.8 Å². The van der Waals surface area contributed by atoms with Crippen molar-refractivity contribution >= 4 is 50.2 Å². The topological polar surface area (TPSA) is 32.6 Å². The van der Waals surface area contributed by atoms with Crippen LogP contribution in [0.5, 0.6) is 0 Å². The molecule has 0 spiro atoms. The number of nitrogens with zero attached hydrogens (tertiary/aromatic N) is 3. The lowest BCUT2D eigenvalue weighted by molar-refractivity contribution is 0.664. The predicted molar refractivity (Wildman–Crippen MR) is 234 cm³/mol. The van der Waals surface area contributed by atoms with Crippen LogP contribution >= 0.6 is 0 Å². The average molecular weight is 721 g/mol.